The summed E-state index contributed by atoms with van der Waals surface area (Å²) in [5.41, 5.74) is 9.62. The number of ether oxygens (including phenoxy) is 1. The average Bonchev–Trinajstić information content (AvgIpc) is 3.23. The van der Waals surface area contributed by atoms with Crippen molar-refractivity contribution in [2.24, 2.45) is 11.7 Å². The summed E-state index contributed by atoms with van der Waals surface area (Å²) in [4.78, 5) is 8.88. The van der Waals surface area contributed by atoms with Crippen LogP contribution >= 0.6 is 0 Å². The van der Waals surface area contributed by atoms with Crippen molar-refractivity contribution >= 4 is 15.4 Å². The van der Waals surface area contributed by atoms with Gasteiger partial charge in [-0.1, -0.05) is 6.92 Å². The van der Waals surface area contributed by atoms with Crippen LogP contribution in [0.1, 0.15) is 54.1 Å². The van der Waals surface area contributed by atoms with Gasteiger partial charge in [-0.15, -0.1) is 0 Å². The molecule has 1 aromatic carbocycles. The third kappa shape index (κ3) is 4.90. The topological polar surface area (TPSA) is 112 Å². The Hall–Kier alpha value is -3.28. The first-order chi connectivity index (χ1) is 19.1. The Balaban J connectivity index is 1.31. The maximum atomic E-state index is 15.1. The highest BCUT2D eigenvalue weighted by molar-refractivity contribution is 7.91. The maximum absolute atomic E-state index is 15.1. The van der Waals surface area contributed by atoms with Crippen molar-refractivity contribution in [1.82, 2.24) is 19.6 Å². The van der Waals surface area contributed by atoms with Crippen molar-refractivity contribution in [2.75, 3.05) is 19.5 Å². The second-order valence-electron chi connectivity index (χ2n) is 11.2. The fourth-order valence-electron chi connectivity index (χ4n) is 6.40. The van der Waals surface area contributed by atoms with Gasteiger partial charge in [-0.2, -0.15) is 5.10 Å². The molecule has 0 radical (unpaired) electrons. The Kier molecular flexibility index (Phi) is 6.92. The second-order valence-corrected chi connectivity index (χ2v) is 13.4. The quantitative estimate of drug-likeness (QED) is 0.374. The summed E-state index contributed by atoms with van der Waals surface area (Å²) in [6.45, 7) is 2.86. The zero-order valence-corrected chi connectivity index (χ0v) is 23.1. The van der Waals surface area contributed by atoms with E-state index < -0.39 is 32.8 Å². The van der Waals surface area contributed by atoms with Crippen LogP contribution in [0.15, 0.2) is 48.9 Å². The normalized spacial score (nSPS) is 23.8. The minimum absolute atomic E-state index is 0.00128. The van der Waals surface area contributed by atoms with Crippen LogP contribution in [-0.2, 0) is 21.0 Å². The molecule has 3 aromatic heterocycles. The van der Waals surface area contributed by atoms with Crippen LogP contribution in [0.3, 0.4) is 0 Å². The van der Waals surface area contributed by atoms with Crippen LogP contribution in [-0.4, -0.2) is 58.8 Å². The Morgan fingerprint density at radius 3 is 2.48 bits per heavy atom. The summed E-state index contributed by atoms with van der Waals surface area (Å²) in [7, 11) is -3.26. The van der Waals surface area contributed by atoms with Gasteiger partial charge in [0.1, 0.15) is 17.5 Å². The van der Waals surface area contributed by atoms with E-state index >= 15 is 8.78 Å². The average molecular weight is 568 g/mol. The smallest absolute Gasteiger partial charge is 0.152 e. The minimum Gasteiger partial charge on any atom is -0.380 e. The number of hydrogen-bond donors (Lipinski definition) is 1. The molecule has 0 unspecified atom stereocenters. The van der Waals surface area contributed by atoms with Crippen LogP contribution in [0.4, 0.5) is 8.78 Å². The van der Waals surface area contributed by atoms with Gasteiger partial charge >= 0.3 is 0 Å². The number of pyridine rings is 1. The number of hydrogen-bond acceptors (Lipinski definition) is 7. The SMILES string of the molecule is C[C@H]1C[C@@H](c2ccncc2Cc2ncc3ccc(-c4c(F)cc(C5COC5)cc4F)nn23)C[C@@H](N)[C@@H]1S(C)(=O)=O. The van der Waals surface area contributed by atoms with Crippen LogP contribution in [0.2, 0.25) is 0 Å². The summed E-state index contributed by atoms with van der Waals surface area (Å²) in [6, 6.07) is 7.54. The molecular formula is C29H31F2N5O3S. The van der Waals surface area contributed by atoms with Crippen LogP contribution < -0.4 is 5.73 Å². The first-order valence-electron chi connectivity index (χ1n) is 13.4. The Morgan fingerprint density at radius 2 is 1.82 bits per heavy atom. The van der Waals surface area contributed by atoms with E-state index in [2.05, 4.69) is 15.1 Å². The third-order valence-electron chi connectivity index (χ3n) is 8.30. The van der Waals surface area contributed by atoms with Crippen molar-refractivity contribution < 1.29 is 21.9 Å². The van der Waals surface area contributed by atoms with Gasteiger partial charge in [0.2, 0.25) is 0 Å². The lowest BCUT2D eigenvalue weighted by molar-refractivity contribution is 0.00822. The molecule has 0 spiro atoms. The number of fused-ring (bicyclic) bond motifs is 1. The Bertz CT molecular complexity index is 1650. The van der Waals surface area contributed by atoms with Gasteiger partial charge in [0.25, 0.3) is 0 Å². The van der Waals surface area contributed by atoms with E-state index in [4.69, 9.17) is 10.5 Å². The van der Waals surface area contributed by atoms with Crippen molar-refractivity contribution in [3.63, 3.8) is 0 Å². The Labute approximate surface area is 231 Å². The molecule has 210 valence electrons. The lowest BCUT2D eigenvalue weighted by atomic mass is 9.75. The number of aromatic nitrogens is 4. The number of benzene rings is 1. The van der Waals surface area contributed by atoms with E-state index in [0.29, 0.717) is 49.4 Å². The lowest BCUT2D eigenvalue weighted by Gasteiger charge is -2.38. The number of halogens is 2. The fraction of sp³-hybridized carbons (Fsp3) is 0.414. The van der Waals surface area contributed by atoms with Gasteiger partial charge in [0.15, 0.2) is 9.84 Å². The van der Waals surface area contributed by atoms with Crippen LogP contribution in [0.5, 0.6) is 0 Å². The summed E-state index contributed by atoms with van der Waals surface area (Å²) >= 11 is 0. The highest BCUT2D eigenvalue weighted by Gasteiger charge is 2.40. The van der Waals surface area contributed by atoms with Crippen molar-refractivity contribution in [1.29, 1.82) is 0 Å². The maximum Gasteiger partial charge on any atom is 0.152 e. The van der Waals surface area contributed by atoms with Crippen LogP contribution in [0, 0.1) is 17.6 Å². The molecule has 0 bridgehead atoms. The van der Waals surface area contributed by atoms with E-state index in [-0.39, 0.29) is 29.0 Å². The molecule has 1 aliphatic carbocycles. The Morgan fingerprint density at radius 1 is 1.07 bits per heavy atom. The van der Waals surface area contributed by atoms with E-state index in [0.717, 1.165) is 11.1 Å². The molecule has 4 aromatic rings. The standard InChI is InChI=1S/C29H31F2N5O3S/c1-16-7-18(10-25(32)29(16)40(2,37)38)22-5-6-33-12-19(22)11-27-34-13-21-3-4-26(35-36(21)27)28-23(30)8-17(9-24(28)31)20-14-39-15-20/h3-6,8-9,12-13,16,18,20,25,29H,7,10-11,14-15,32H2,1-2H3/t16-,18+,25+,29+/m0/s1. The number of rotatable bonds is 6. The molecule has 1 aliphatic heterocycles. The summed E-state index contributed by atoms with van der Waals surface area (Å²) in [6.07, 6.45) is 8.05. The van der Waals surface area contributed by atoms with Crippen molar-refractivity contribution in [3.8, 4) is 11.3 Å². The number of nitrogens with two attached hydrogens (primary N) is 1. The highest BCUT2D eigenvalue weighted by atomic mass is 32.2. The highest BCUT2D eigenvalue weighted by Crippen LogP contribution is 2.40. The fourth-order valence-corrected chi connectivity index (χ4v) is 8.10. The van der Waals surface area contributed by atoms with E-state index in [1.807, 2.05) is 13.0 Å². The van der Waals surface area contributed by atoms with E-state index in [1.54, 1.807) is 35.2 Å². The second kappa shape index (κ2) is 10.3. The van der Waals surface area contributed by atoms with Gasteiger partial charge in [0.05, 0.1) is 41.4 Å². The molecule has 2 fully saturated rings. The number of sulfone groups is 1. The third-order valence-corrected chi connectivity index (χ3v) is 10.1. The summed E-state index contributed by atoms with van der Waals surface area (Å²) < 4.78 is 61.6. The molecule has 11 heteroatoms. The predicted octanol–water partition coefficient (Wildman–Crippen LogP) is 4.03. The molecule has 2 N–H and O–H groups in total. The number of nitrogens with zero attached hydrogens (tertiary/aromatic N) is 4. The molecule has 6 rings (SSSR count). The minimum atomic E-state index is -3.26. The monoisotopic (exact) mass is 567 g/mol. The van der Waals surface area contributed by atoms with Crippen molar-refractivity contribution in [3.05, 3.63) is 83.1 Å². The summed E-state index contributed by atoms with van der Waals surface area (Å²) in [5, 5.41) is 4.01. The lowest BCUT2D eigenvalue weighted by Crippen LogP contribution is -2.48. The van der Waals surface area contributed by atoms with Gasteiger partial charge in [-0.05, 0) is 71.7 Å². The first kappa shape index (κ1) is 26.9. The molecule has 2 aliphatic rings. The molecule has 4 atom stereocenters. The van der Waals surface area contributed by atoms with E-state index in [1.165, 1.54) is 18.4 Å². The molecule has 1 saturated heterocycles. The van der Waals surface area contributed by atoms with Crippen molar-refractivity contribution in [2.45, 2.75) is 49.3 Å². The van der Waals surface area contributed by atoms with Gasteiger partial charge in [0, 0.05) is 37.0 Å². The molecular weight excluding hydrogens is 536 g/mol. The van der Waals surface area contributed by atoms with Gasteiger partial charge < -0.3 is 10.5 Å². The first-order valence-corrected chi connectivity index (χ1v) is 15.3. The molecule has 4 heterocycles. The van der Waals surface area contributed by atoms with Crippen LogP contribution in [0.25, 0.3) is 16.8 Å². The summed E-state index contributed by atoms with van der Waals surface area (Å²) in [5.74, 6) is -0.758. The zero-order chi connectivity index (χ0) is 28.2. The molecule has 40 heavy (non-hydrogen) atoms. The number of imidazole rings is 1. The molecule has 8 nitrogen and oxygen atoms in total. The zero-order valence-electron chi connectivity index (χ0n) is 22.3. The molecule has 0 amide bonds. The predicted molar refractivity (Wildman–Crippen MR) is 147 cm³/mol. The van der Waals surface area contributed by atoms with E-state index in [9.17, 15) is 8.42 Å². The molecule has 1 saturated carbocycles. The largest absolute Gasteiger partial charge is 0.380 e. The van der Waals surface area contributed by atoms with Gasteiger partial charge in [-0.25, -0.2) is 26.7 Å². The van der Waals surface area contributed by atoms with Gasteiger partial charge in [-0.3, -0.25) is 4.98 Å².